The molecule has 0 atom stereocenters. The Morgan fingerprint density at radius 1 is 1.16 bits per heavy atom. The predicted molar refractivity (Wildman–Crippen MR) is 82.0 cm³/mol. The van der Waals surface area contributed by atoms with Crippen molar-refractivity contribution in [3.05, 3.63) is 47.3 Å². The molecule has 0 saturated carbocycles. The molecule has 3 nitrogen and oxygen atoms in total. The van der Waals surface area contributed by atoms with Crippen LogP contribution in [0.5, 0.6) is 0 Å². The molecule has 1 heterocycles. The van der Waals surface area contributed by atoms with Gasteiger partial charge >= 0.3 is 6.03 Å². The summed E-state index contributed by atoms with van der Waals surface area (Å²) < 4.78 is 0. The average molecular weight is 274 g/mol. The number of carbonyl (C=O) groups is 1. The molecule has 1 aromatic carbocycles. The first-order valence-electron chi connectivity index (χ1n) is 6.48. The van der Waals surface area contributed by atoms with E-state index in [-0.39, 0.29) is 6.03 Å². The normalized spacial score (nSPS) is 10.2. The minimum atomic E-state index is -0.205. The van der Waals surface area contributed by atoms with Crippen molar-refractivity contribution in [1.82, 2.24) is 0 Å². The molecule has 0 aliphatic carbocycles. The van der Waals surface area contributed by atoms with E-state index in [9.17, 15) is 4.79 Å². The first-order valence-corrected chi connectivity index (χ1v) is 7.36. The standard InChI is InChI=1S/C15H18N2OS/c1-2-3-5-12-7-9-13(10-8-12)16-15(18)17-14-6-4-11-19-14/h4,6-11H,2-3,5H2,1H3,(H2,16,17,18). The Kier molecular flexibility index (Phi) is 4.98. The Balaban J connectivity index is 1.86. The van der Waals surface area contributed by atoms with Crippen molar-refractivity contribution in [2.75, 3.05) is 10.6 Å². The number of rotatable bonds is 5. The zero-order valence-electron chi connectivity index (χ0n) is 11.0. The number of thiophene rings is 1. The molecule has 0 bridgehead atoms. The molecule has 0 unspecified atom stereocenters. The molecule has 100 valence electrons. The van der Waals surface area contributed by atoms with Gasteiger partial charge in [0.2, 0.25) is 0 Å². The van der Waals surface area contributed by atoms with Crippen molar-refractivity contribution in [2.45, 2.75) is 26.2 Å². The van der Waals surface area contributed by atoms with Crippen LogP contribution in [-0.2, 0) is 6.42 Å². The Hall–Kier alpha value is -1.81. The summed E-state index contributed by atoms with van der Waals surface area (Å²) in [5, 5.41) is 8.38. The maximum Gasteiger partial charge on any atom is 0.324 e. The van der Waals surface area contributed by atoms with Gasteiger partial charge in [-0.15, -0.1) is 11.3 Å². The van der Waals surface area contributed by atoms with Crippen LogP contribution in [0.2, 0.25) is 0 Å². The van der Waals surface area contributed by atoms with E-state index in [1.807, 2.05) is 29.6 Å². The minimum Gasteiger partial charge on any atom is -0.308 e. The van der Waals surface area contributed by atoms with Gasteiger partial charge in [0.15, 0.2) is 0 Å². The van der Waals surface area contributed by atoms with E-state index in [4.69, 9.17) is 0 Å². The number of anilines is 2. The summed E-state index contributed by atoms with van der Waals surface area (Å²) in [4.78, 5) is 11.7. The number of aryl methyl sites for hydroxylation is 1. The van der Waals surface area contributed by atoms with Crippen molar-refractivity contribution < 1.29 is 4.79 Å². The van der Waals surface area contributed by atoms with E-state index in [1.54, 1.807) is 0 Å². The fraction of sp³-hybridized carbons (Fsp3) is 0.267. The second kappa shape index (κ2) is 6.95. The molecule has 2 aromatic rings. The second-order valence-electron chi connectivity index (χ2n) is 4.36. The van der Waals surface area contributed by atoms with Crippen LogP contribution >= 0.6 is 11.3 Å². The van der Waals surface area contributed by atoms with E-state index >= 15 is 0 Å². The minimum absolute atomic E-state index is 0.205. The van der Waals surface area contributed by atoms with Crippen molar-refractivity contribution in [1.29, 1.82) is 0 Å². The van der Waals surface area contributed by atoms with Crippen LogP contribution in [0.4, 0.5) is 15.5 Å². The summed E-state index contributed by atoms with van der Waals surface area (Å²) in [5.41, 5.74) is 2.13. The molecule has 1 aromatic heterocycles. The number of amides is 2. The molecule has 0 fully saturated rings. The van der Waals surface area contributed by atoms with Gasteiger partial charge < -0.3 is 5.32 Å². The molecule has 19 heavy (non-hydrogen) atoms. The summed E-state index contributed by atoms with van der Waals surface area (Å²) >= 11 is 1.50. The van der Waals surface area contributed by atoms with Crippen LogP contribution in [0.3, 0.4) is 0 Å². The smallest absolute Gasteiger partial charge is 0.308 e. The number of hydrogen-bond donors (Lipinski definition) is 2. The van der Waals surface area contributed by atoms with E-state index in [1.165, 1.54) is 29.7 Å². The highest BCUT2D eigenvalue weighted by Crippen LogP contribution is 2.16. The van der Waals surface area contributed by atoms with Gasteiger partial charge in [0.1, 0.15) is 0 Å². The molecular weight excluding hydrogens is 256 g/mol. The molecule has 0 radical (unpaired) electrons. The zero-order chi connectivity index (χ0) is 13.5. The molecule has 2 N–H and O–H groups in total. The maximum absolute atomic E-state index is 11.7. The topological polar surface area (TPSA) is 41.1 Å². The maximum atomic E-state index is 11.7. The first-order chi connectivity index (χ1) is 9.28. The highest BCUT2D eigenvalue weighted by Gasteiger charge is 2.03. The van der Waals surface area contributed by atoms with Crippen molar-refractivity contribution >= 4 is 28.1 Å². The Bertz CT molecular complexity index is 505. The number of nitrogens with one attached hydrogen (secondary N) is 2. The quantitative estimate of drug-likeness (QED) is 0.812. The molecule has 2 rings (SSSR count). The lowest BCUT2D eigenvalue weighted by Gasteiger charge is -2.07. The van der Waals surface area contributed by atoms with Crippen LogP contribution in [0.1, 0.15) is 25.3 Å². The van der Waals surface area contributed by atoms with Gasteiger partial charge in [-0.05, 0) is 48.1 Å². The van der Waals surface area contributed by atoms with Gasteiger partial charge in [-0.25, -0.2) is 4.79 Å². The molecule has 0 aliphatic heterocycles. The molecule has 0 saturated heterocycles. The van der Waals surface area contributed by atoms with Crippen LogP contribution in [0, 0.1) is 0 Å². The fourth-order valence-electron chi connectivity index (χ4n) is 1.76. The van der Waals surface area contributed by atoms with Gasteiger partial charge in [-0.2, -0.15) is 0 Å². The van der Waals surface area contributed by atoms with E-state index in [0.29, 0.717) is 0 Å². The van der Waals surface area contributed by atoms with Crippen LogP contribution in [-0.4, -0.2) is 6.03 Å². The van der Waals surface area contributed by atoms with Gasteiger partial charge in [-0.3, -0.25) is 5.32 Å². The molecule has 4 heteroatoms. The van der Waals surface area contributed by atoms with Gasteiger partial charge in [-0.1, -0.05) is 25.5 Å². The third kappa shape index (κ3) is 4.41. The van der Waals surface area contributed by atoms with Gasteiger partial charge in [0.25, 0.3) is 0 Å². The van der Waals surface area contributed by atoms with Crippen LogP contribution < -0.4 is 10.6 Å². The Labute approximate surface area is 117 Å². The molecular formula is C15H18N2OS. The van der Waals surface area contributed by atoms with Crippen LogP contribution in [0.15, 0.2) is 41.8 Å². The predicted octanol–water partition coefficient (Wildman–Crippen LogP) is 4.73. The second-order valence-corrected chi connectivity index (χ2v) is 5.30. The lowest BCUT2D eigenvalue weighted by atomic mass is 10.1. The largest absolute Gasteiger partial charge is 0.324 e. The Morgan fingerprint density at radius 2 is 1.95 bits per heavy atom. The van der Waals surface area contributed by atoms with E-state index in [0.717, 1.165) is 17.1 Å². The highest BCUT2D eigenvalue weighted by molar-refractivity contribution is 7.14. The summed E-state index contributed by atoms with van der Waals surface area (Å²) in [6.45, 7) is 2.19. The van der Waals surface area contributed by atoms with Crippen molar-refractivity contribution in [3.8, 4) is 0 Å². The zero-order valence-corrected chi connectivity index (χ0v) is 11.8. The van der Waals surface area contributed by atoms with E-state index < -0.39 is 0 Å². The van der Waals surface area contributed by atoms with Crippen molar-refractivity contribution in [3.63, 3.8) is 0 Å². The lowest BCUT2D eigenvalue weighted by Crippen LogP contribution is -2.18. The van der Waals surface area contributed by atoms with Gasteiger partial charge in [0.05, 0.1) is 5.00 Å². The summed E-state index contributed by atoms with van der Waals surface area (Å²) in [6, 6.07) is 11.6. The summed E-state index contributed by atoms with van der Waals surface area (Å²) in [7, 11) is 0. The first kappa shape index (κ1) is 13.6. The third-order valence-electron chi connectivity index (χ3n) is 2.79. The number of carbonyl (C=O) groups excluding carboxylic acids is 1. The molecule has 2 amide bonds. The summed E-state index contributed by atoms with van der Waals surface area (Å²) in [6.07, 6.45) is 3.49. The number of hydrogen-bond acceptors (Lipinski definition) is 2. The van der Waals surface area contributed by atoms with Gasteiger partial charge in [0, 0.05) is 5.69 Å². The van der Waals surface area contributed by atoms with Crippen LogP contribution in [0.25, 0.3) is 0 Å². The lowest BCUT2D eigenvalue weighted by molar-refractivity contribution is 0.262. The average Bonchev–Trinajstić information content (AvgIpc) is 2.90. The summed E-state index contributed by atoms with van der Waals surface area (Å²) in [5.74, 6) is 0. The monoisotopic (exact) mass is 274 g/mol. The SMILES string of the molecule is CCCCc1ccc(NC(=O)Nc2cccs2)cc1. The molecule has 0 aliphatic rings. The fourth-order valence-corrected chi connectivity index (χ4v) is 2.37. The Morgan fingerprint density at radius 3 is 2.58 bits per heavy atom. The van der Waals surface area contributed by atoms with E-state index in [2.05, 4.69) is 29.7 Å². The third-order valence-corrected chi connectivity index (χ3v) is 3.57. The number of unbranched alkanes of at least 4 members (excludes halogenated alkanes) is 1. The highest BCUT2D eigenvalue weighted by atomic mass is 32.1. The number of benzene rings is 1. The number of urea groups is 1. The molecule has 0 spiro atoms. The van der Waals surface area contributed by atoms with Crippen molar-refractivity contribution in [2.24, 2.45) is 0 Å².